The summed E-state index contributed by atoms with van der Waals surface area (Å²) in [5.41, 5.74) is 5.49. The van der Waals surface area contributed by atoms with Crippen molar-refractivity contribution in [3.63, 3.8) is 0 Å². The molecule has 0 fully saturated rings. The molecule has 0 heterocycles. The molecule has 0 aromatic heterocycles. The Morgan fingerprint density at radius 1 is 0.524 bits per heavy atom. The fraction of sp³-hybridized carbons (Fsp3) is 0.143. The van der Waals surface area contributed by atoms with Crippen LogP contribution < -0.4 is 0 Å². The van der Waals surface area contributed by atoms with Crippen molar-refractivity contribution < 1.29 is 0 Å². The Morgan fingerprint density at radius 2 is 0.952 bits per heavy atom. The molecule has 3 rings (SSSR count). The zero-order valence-electron chi connectivity index (χ0n) is 12.2. The van der Waals surface area contributed by atoms with Crippen molar-refractivity contribution in [2.45, 2.75) is 19.3 Å². The second-order valence-corrected chi connectivity index (χ2v) is 5.39. The topological polar surface area (TPSA) is 0 Å². The van der Waals surface area contributed by atoms with Gasteiger partial charge >= 0.3 is 0 Å². The summed E-state index contributed by atoms with van der Waals surface area (Å²) in [6.45, 7) is 0. The molecule has 0 radical (unpaired) electrons. The van der Waals surface area contributed by atoms with E-state index in [-0.39, 0.29) is 0 Å². The van der Waals surface area contributed by atoms with Crippen molar-refractivity contribution >= 4 is 12.2 Å². The molecule has 0 amide bonds. The van der Waals surface area contributed by atoms with Crippen molar-refractivity contribution in [2.24, 2.45) is 0 Å². The summed E-state index contributed by atoms with van der Waals surface area (Å²) < 4.78 is 0. The minimum atomic E-state index is 1.19. The van der Waals surface area contributed by atoms with Crippen LogP contribution in [0.25, 0.3) is 12.2 Å². The summed E-state index contributed by atoms with van der Waals surface area (Å²) in [5, 5.41) is 0. The lowest BCUT2D eigenvalue weighted by atomic mass is 10.1. The number of hydrogen-bond acceptors (Lipinski definition) is 0. The van der Waals surface area contributed by atoms with E-state index in [1.807, 2.05) is 0 Å². The van der Waals surface area contributed by atoms with Crippen LogP contribution in [0.2, 0.25) is 0 Å². The van der Waals surface area contributed by atoms with Gasteiger partial charge in [0.25, 0.3) is 0 Å². The van der Waals surface area contributed by atoms with Crippen molar-refractivity contribution in [3.8, 4) is 0 Å². The zero-order chi connectivity index (χ0) is 14.3. The van der Waals surface area contributed by atoms with Gasteiger partial charge in [0, 0.05) is 0 Å². The van der Waals surface area contributed by atoms with Gasteiger partial charge in [-0.05, 0) is 41.5 Å². The van der Waals surface area contributed by atoms with E-state index in [1.54, 1.807) is 0 Å². The van der Waals surface area contributed by atoms with Gasteiger partial charge < -0.3 is 0 Å². The maximum Gasteiger partial charge on any atom is -0.0257 e. The quantitative estimate of drug-likeness (QED) is 0.650. The number of benzene rings is 2. The van der Waals surface area contributed by atoms with Gasteiger partial charge in [-0.25, -0.2) is 0 Å². The number of hydrogen-bond donors (Lipinski definition) is 0. The van der Waals surface area contributed by atoms with Crippen LogP contribution in [0.5, 0.6) is 0 Å². The maximum absolute atomic E-state index is 2.28. The van der Waals surface area contributed by atoms with Gasteiger partial charge in [-0.3, -0.25) is 0 Å². The Balaban J connectivity index is 1.76. The predicted molar refractivity (Wildman–Crippen MR) is 91.8 cm³/mol. The second-order valence-electron chi connectivity index (χ2n) is 5.39. The van der Waals surface area contributed by atoms with Gasteiger partial charge in [-0.2, -0.15) is 0 Å². The average molecular weight is 272 g/mol. The molecule has 1 aliphatic carbocycles. The smallest absolute Gasteiger partial charge is 0.0257 e. The first-order valence-corrected chi connectivity index (χ1v) is 7.60. The molecule has 2 aromatic rings. The highest BCUT2D eigenvalue weighted by molar-refractivity contribution is 5.58. The lowest BCUT2D eigenvalue weighted by Gasteiger charge is -1.98. The lowest BCUT2D eigenvalue weighted by molar-refractivity contribution is 0.907. The van der Waals surface area contributed by atoms with E-state index in [9.17, 15) is 0 Å². The van der Waals surface area contributed by atoms with Crippen LogP contribution in [-0.2, 0) is 0 Å². The summed E-state index contributed by atoms with van der Waals surface area (Å²) >= 11 is 0. The Kier molecular flexibility index (Phi) is 4.48. The lowest BCUT2D eigenvalue weighted by Crippen LogP contribution is -1.77. The van der Waals surface area contributed by atoms with Crippen LogP contribution in [-0.4, -0.2) is 0 Å². The fourth-order valence-electron chi connectivity index (χ4n) is 2.69. The summed E-state index contributed by atoms with van der Waals surface area (Å²) in [7, 11) is 0. The molecule has 0 nitrogen and oxygen atoms in total. The maximum atomic E-state index is 2.28. The minimum Gasteiger partial charge on any atom is -0.0622 e. The van der Waals surface area contributed by atoms with Crippen molar-refractivity contribution in [1.82, 2.24) is 0 Å². The number of allylic oxidation sites excluding steroid dienone is 4. The molecular weight excluding hydrogens is 252 g/mol. The van der Waals surface area contributed by atoms with Gasteiger partial charge in [0.15, 0.2) is 0 Å². The summed E-state index contributed by atoms with van der Waals surface area (Å²) in [6.07, 6.45) is 12.7. The van der Waals surface area contributed by atoms with Crippen molar-refractivity contribution in [2.75, 3.05) is 0 Å². The standard InChI is InChI=1S/C21H20/c1-3-8-18(9-4-1)14-16-20-12-7-13-21(20)17-15-19-10-5-2-6-11-19/h1-6,8-11,14-17H,7,12-13H2/b16-14+,17-15+. The SMILES string of the molecule is C(=C\c1ccccc1)/C1=C(/C=C/c2ccccc2)CCC1. The minimum absolute atomic E-state index is 1.19. The molecule has 0 unspecified atom stereocenters. The molecule has 1 aliphatic rings. The molecule has 0 aliphatic heterocycles. The molecule has 0 N–H and O–H groups in total. The Bertz CT molecular complexity index is 598. The van der Waals surface area contributed by atoms with E-state index >= 15 is 0 Å². The zero-order valence-corrected chi connectivity index (χ0v) is 12.2. The third-order valence-electron chi connectivity index (χ3n) is 3.86. The molecule has 0 bridgehead atoms. The highest BCUT2D eigenvalue weighted by atomic mass is 14.1. The van der Waals surface area contributed by atoms with Gasteiger partial charge in [-0.1, -0.05) is 85.0 Å². The van der Waals surface area contributed by atoms with E-state index < -0.39 is 0 Å². The second kappa shape index (κ2) is 6.90. The average Bonchev–Trinajstić information content (AvgIpc) is 3.00. The largest absolute Gasteiger partial charge is 0.0622 e. The molecule has 0 saturated heterocycles. The molecule has 0 saturated carbocycles. The monoisotopic (exact) mass is 272 g/mol. The van der Waals surface area contributed by atoms with Gasteiger partial charge in [0.05, 0.1) is 0 Å². The van der Waals surface area contributed by atoms with Crippen LogP contribution in [0.4, 0.5) is 0 Å². The van der Waals surface area contributed by atoms with Crippen LogP contribution in [0, 0.1) is 0 Å². The Labute approximate surface area is 127 Å². The highest BCUT2D eigenvalue weighted by Gasteiger charge is 2.09. The highest BCUT2D eigenvalue weighted by Crippen LogP contribution is 2.29. The summed E-state index contributed by atoms with van der Waals surface area (Å²) in [5.74, 6) is 0. The van der Waals surface area contributed by atoms with Gasteiger partial charge in [0.1, 0.15) is 0 Å². The molecule has 2 aromatic carbocycles. The molecule has 0 atom stereocenters. The molecule has 21 heavy (non-hydrogen) atoms. The third-order valence-corrected chi connectivity index (χ3v) is 3.86. The third kappa shape index (κ3) is 3.82. The van der Waals surface area contributed by atoms with Crippen LogP contribution in [0.1, 0.15) is 30.4 Å². The summed E-state index contributed by atoms with van der Waals surface area (Å²) in [4.78, 5) is 0. The Hall–Kier alpha value is -2.34. The van der Waals surface area contributed by atoms with Crippen molar-refractivity contribution in [3.05, 3.63) is 95.1 Å². The predicted octanol–water partition coefficient (Wildman–Crippen LogP) is 5.89. The van der Waals surface area contributed by atoms with Crippen LogP contribution in [0.15, 0.2) is 84.0 Å². The molecule has 104 valence electrons. The number of rotatable bonds is 4. The van der Waals surface area contributed by atoms with E-state index in [0.29, 0.717) is 0 Å². The first kappa shape index (κ1) is 13.6. The molecule has 0 spiro atoms. The first-order valence-electron chi connectivity index (χ1n) is 7.60. The van der Waals surface area contributed by atoms with Gasteiger partial charge in [0.2, 0.25) is 0 Å². The van der Waals surface area contributed by atoms with Gasteiger partial charge in [-0.15, -0.1) is 0 Å². The normalized spacial score (nSPS) is 15.4. The molecule has 0 heteroatoms. The Morgan fingerprint density at radius 3 is 1.38 bits per heavy atom. The fourth-order valence-corrected chi connectivity index (χ4v) is 2.69. The van der Waals surface area contributed by atoms with Crippen molar-refractivity contribution in [1.29, 1.82) is 0 Å². The van der Waals surface area contributed by atoms with E-state index in [0.717, 1.165) is 0 Å². The molecular formula is C21H20. The van der Waals surface area contributed by atoms with E-state index in [4.69, 9.17) is 0 Å². The van der Waals surface area contributed by atoms with Crippen LogP contribution >= 0.6 is 0 Å². The first-order chi connectivity index (χ1) is 10.4. The van der Waals surface area contributed by atoms with E-state index in [2.05, 4.69) is 85.0 Å². The summed E-state index contributed by atoms with van der Waals surface area (Å²) in [6, 6.07) is 21.0. The van der Waals surface area contributed by atoms with E-state index in [1.165, 1.54) is 41.5 Å². The van der Waals surface area contributed by atoms with Crippen LogP contribution in [0.3, 0.4) is 0 Å².